The number of rotatable bonds is 5. The van der Waals surface area contributed by atoms with Crippen LogP contribution in [-0.4, -0.2) is 22.1 Å². The summed E-state index contributed by atoms with van der Waals surface area (Å²) in [5.41, 5.74) is 5.11. The number of pyridine rings is 1. The standard InChI is InChI=1S/C18H18F3N5O.C4H6.C2H6/c1-9-7-12-15(24-10(2)25-16(12)26-17(9)27-3)23-8-11-5-4-6-13(14(11)19)18(20,21)22;1-3-4-2;1-2/h4-7H,8,22H2,1-3H3,(H,23,24,25,26);1H,4H2,2H3;1-2H3. The quantitative estimate of drug-likeness (QED) is 0.387. The minimum atomic E-state index is -3.75. The number of nitrogens with two attached hydrogens (primary N) is 1. The van der Waals surface area contributed by atoms with Gasteiger partial charge >= 0.3 is 6.05 Å². The fourth-order valence-corrected chi connectivity index (χ4v) is 2.74. The van der Waals surface area contributed by atoms with Crippen molar-refractivity contribution in [3.8, 4) is 18.2 Å². The predicted octanol–water partition coefficient (Wildman–Crippen LogP) is 5.47. The van der Waals surface area contributed by atoms with Crippen molar-refractivity contribution in [3.05, 3.63) is 52.6 Å². The van der Waals surface area contributed by atoms with Crippen molar-refractivity contribution in [3.63, 3.8) is 0 Å². The lowest BCUT2D eigenvalue weighted by molar-refractivity contribution is -0.000734. The number of aryl methyl sites for hydroxylation is 2. The summed E-state index contributed by atoms with van der Waals surface area (Å²) in [6.07, 6.45) is 5.62. The smallest absolute Gasteiger partial charge is 0.329 e. The normalized spacial score (nSPS) is 10.3. The Kier molecular flexibility index (Phi) is 10.6. The molecule has 0 aliphatic carbocycles. The lowest BCUT2D eigenvalue weighted by Gasteiger charge is -2.15. The van der Waals surface area contributed by atoms with Crippen LogP contribution < -0.4 is 15.8 Å². The highest BCUT2D eigenvalue weighted by Crippen LogP contribution is 2.28. The van der Waals surface area contributed by atoms with Gasteiger partial charge in [0.05, 0.1) is 18.1 Å². The number of nitrogens with zero attached hydrogens (tertiary/aromatic N) is 3. The molecule has 0 aliphatic rings. The van der Waals surface area contributed by atoms with Gasteiger partial charge in [-0.1, -0.05) is 32.9 Å². The van der Waals surface area contributed by atoms with Gasteiger partial charge in [0.1, 0.15) is 17.5 Å². The van der Waals surface area contributed by atoms with Crippen molar-refractivity contribution in [2.24, 2.45) is 5.73 Å². The molecule has 33 heavy (non-hydrogen) atoms. The maximum atomic E-state index is 14.4. The van der Waals surface area contributed by atoms with Crippen LogP contribution in [0.2, 0.25) is 0 Å². The van der Waals surface area contributed by atoms with Crippen LogP contribution in [0.1, 0.15) is 49.7 Å². The van der Waals surface area contributed by atoms with Crippen LogP contribution in [-0.2, 0) is 12.6 Å². The van der Waals surface area contributed by atoms with Crippen LogP contribution >= 0.6 is 0 Å². The molecule has 2 aromatic heterocycles. The number of anilines is 1. The van der Waals surface area contributed by atoms with Gasteiger partial charge in [-0.25, -0.2) is 14.4 Å². The molecule has 0 saturated heterocycles. The van der Waals surface area contributed by atoms with Gasteiger partial charge in [-0.3, -0.25) is 5.73 Å². The van der Waals surface area contributed by atoms with Crippen LogP contribution in [0, 0.1) is 32.0 Å². The zero-order valence-electron chi connectivity index (χ0n) is 19.8. The van der Waals surface area contributed by atoms with E-state index < -0.39 is 17.4 Å². The third-order valence-electron chi connectivity index (χ3n) is 4.22. The molecule has 1 aromatic carbocycles. The molecule has 0 atom stereocenters. The first-order chi connectivity index (χ1) is 15.6. The second-order valence-electron chi connectivity index (χ2n) is 6.62. The number of ether oxygens (including phenoxy) is 1. The Hall–Kier alpha value is -3.38. The Morgan fingerprint density at radius 2 is 1.82 bits per heavy atom. The number of hydrogen-bond donors (Lipinski definition) is 2. The number of nitrogens with one attached hydrogen (secondary N) is 1. The average Bonchev–Trinajstić information content (AvgIpc) is 2.79. The van der Waals surface area contributed by atoms with Gasteiger partial charge in [0.15, 0.2) is 5.65 Å². The molecule has 0 saturated carbocycles. The zero-order chi connectivity index (χ0) is 25.2. The third kappa shape index (κ3) is 7.32. The minimum Gasteiger partial charge on any atom is -0.481 e. The van der Waals surface area contributed by atoms with Gasteiger partial charge in [0.2, 0.25) is 5.88 Å². The molecule has 178 valence electrons. The van der Waals surface area contributed by atoms with Crippen LogP contribution in [0.3, 0.4) is 0 Å². The first-order valence-electron chi connectivity index (χ1n) is 10.4. The van der Waals surface area contributed by atoms with E-state index in [0.717, 1.165) is 18.1 Å². The van der Waals surface area contributed by atoms with Crippen molar-refractivity contribution in [2.75, 3.05) is 12.4 Å². The fourth-order valence-electron chi connectivity index (χ4n) is 2.74. The molecule has 0 radical (unpaired) electrons. The SMILES string of the molecule is C#CCC.CC.COc1nc2nc(C)nc(NCc3cccc(C(N)(F)F)c3F)c2cc1C. The van der Waals surface area contributed by atoms with E-state index in [1.54, 1.807) is 13.0 Å². The lowest BCUT2D eigenvalue weighted by atomic mass is 10.1. The van der Waals surface area contributed by atoms with Gasteiger partial charge < -0.3 is 10.1 Å². The Labute approximate surface area is 192 Å². The number of alkyl halides is 2. The number of methoxy groups -OCH3 is 1. The number of benzene rings is 1. The molecule has 3 aromatic rings. The number of terminal acetylenes is 1. The molecule has 0 fully saturated rings. The molecule has 0 spiro atoms. The molecule has 0 aliphatic heterocycles. The minimum absolute atomic E-state index is 0.0419. The Morgan fingerprint density at radius 1 is 1.18 bits per heavy atom. The Balaban J connectivity index is 0.000000820. The molecular formula is C24H30F3N5O. The van der Waals surface area contributed by atoms with E-state index in [2.05, 4.69) is 26.2 Å². The molecule has 0 unspecified atom stereocenters. The van der Waals surface area contributed by atoms with E-state index in [4.69, 9.17) is 16.9 Å². The fraction of sp³-hybridized carbons (Fsp3) is 0.375. The number of hydrogen-bond acceptors (Lipinski definition) is 6. The Bertz CT molecular complexity index is 1110. The summed E-state index contributed by atoms with van der Waals surface area (Å²) < 4.78 is 46.2. The van der Waals surface area contributed by atoms with Crippen LogP contribution in [0.15, 0.2) is 24.3 Å². The summed E-state index contributed by atoms with van der Waals surface area (Å²) in [5.74, 6) is 2.69. The molecule has 3 N–H and O–H groups in total. The summed E-state index contributed by atoms with van der Waals surface area (Å²) in [5, 5.41) is 3.58. The largest absolute Gasteiger partial charge is 0.481 e. The van der Waals surface area contributed by atoms with Crippen molar-refractivity contribution in [1.82, 2.24) is 15.0 Å². The van der Waals surface area contributed by atoms with Crippen molar-refractivity contribution in [2.45, 2.75) is 53.6 Å². The van der Waals surface area contributed by atoms with Gasteiger partial charge in [-0.2, -0.15) is 13.8 Å². The topological polar surface area (TPSA) is 86.0 Å². The summed E-state index contributed by atoms with van der Waals surface area (Å²) >= 11 is 0. The van der Waals surface area contributed by atoms with Crippen LogP contribution in [0.5, 0.6) is 5.88 Å². The van der Waals surface area contributed by atoms with E-state index in [1.807, 2.05) is 27.7 Å². The first kappa shape index (κ1) is 27.7. The van der Waals surface area contributed by atoms with E-state index in [0.29, 0.717) is 28.6 Å². The highest BCUT2D eigenvalue weighted by Gasteiger charge is 2.30. The van der Waals surface area contributed by atoms with E-state index >= 15 is 0 Å². The Morgan fingerprint density at radius 3 is 2.36 bits per heavy atom. The monoisotopic (exact) mass is 461 g/mol. The molecule has 0 bridgehead atoms. The van der Waals surface area contributed by atoms with Gasteiger partial charge in [-0.05, 0) is 26.0 Å². The van der Waals surface area contributed by atoms with E-state index in [-0.39, 0.29) is 12.1 Å². The second kappa shape index (κ2) is 12.6. The number of fused-ring (bicyclic) bond motifs is 1. The van der Waals surface area contributed by atoms with Gasteiger partial charge in [0, 0.05) is 24.1 Å². The van der Waals surface area contributed by atoms with E-state index in [1.165, 1.54) is 19.2 Å². The van der Waals surface area contributed by atoms with Crippen molar-refractivity contribution >= 4 is 16.9 Å². The zero-order valence-corrected chi connectivity index (χ0v) is 19.8. The van der Waals surface area contributed by atoms with Crippen LogP contribution in [0.25, 0.3) is 11.0 Å². The van der Waals surface area contributed by atoms with Gasteiger partial charge in [0.25, 0.3) is 0 Å². The number of halogens is 3. The van der Waals surface area contributed by atoms with E-state index in [9.17, 15) is 13.2 Å². The number of aromatic nitrogens is 3. The highest BCUT2D eigenvalue weighted by molar-refractivity contribution is 5.87. The lowest BCUT2D eigenvalue weighted by Crippen LogP contribution is -2.27. The predicted molar refractivity (Wildman–Crippen MR) is 126 cm³/mol. The van der Waals surface area contributed by atoms with Crippen molar-refractivity contribution in [1.29, 1.82) is 0 Å². The van der Waals surface area contributed by atoms with Gasteiger partial charge in [-0.15, -0.1) is 12.3 Å². The second-order valence-corrected chi connectivity index (χ2v) is 6.62. The molecule has 2 heterocycles. The summed E-state index contributed by atoms with van der Waals surface area (Å²) in [6.45, 7) is 9.39. The third-order valence-corrected chi connectivity index (χ3v) is 4.22. The molecule has 6 nitrogen and oxygen atoms in total. The molecule has 9 heteroatoms. The summed E-state index contributed by atoms with van der Waals surface area (Å²) in [7, 11) is 1.51. The molecule has 0 amide bonds. The maximum absolute atomic E-state index is 14.4. The molecule has 3 rings (SSSR count). The van der Waals surface area contributed by atoms with Crippen LogP contribution in [0.4, 0.5) is 19.0 Å². The molecular weight excluding hydrogens is 431 g/mol. The summed E-state index contributed by atoms with van der Waals surface area (Å²) in [4.78, 5) is 12.9. The first-order valence-corrected chi connectivity index (χ1v) is 10.4. The summed E-state index contributed by atoms with van der Waals surface area (Å²) in [6, 6.07) is 1.73. The highest BCUT2D eigenvalue weighted by atomic mass is 19.3. The average molecular weight is 462 g/mol. The maximum Gasteiger partial charge on any atom is 0.329 e. The van der Waals surface area contributed by atoms with Crippen molar-refractivity contribution < 1.29 is 17.9 Å².